The van der Waals surface area contributed by atoms with E-state index in [0.29, 0.717) is 0 Å². The molecule has 0 saturated heterocycles. The minimum atomic E-state index is 0.727. The van der Waals surface area contributed by atoms with Crippen molar-refractivity contribution in [2.24, 2.45) is 0 Å². The molecule has 2 nitrogen and oxygen atoms in total. The summed E-state index contributed by atoms with van der Waals surface area (Å²) in [7, 11) is 0. The number of fused-ring (bicyclic) bond motifs is 1. The topological polar surface area (TPSA) is 35.2 Å². The van der Waals surface area contributed by atoms with Crippen LogP contribution in [0.25, 0.3) is 0 Å². The maximum absolute atomic E-state index is 5.93. The van der Waals surface area contributed by atoms with Crippen molar-refractivity contribution in [1.82, 2.24) is 0 Å². The fourth-order valence-corrected chi connectivity index (χ4v) is 2.98. The number of ether oxygens (including phenoxy) is 1. The second-order valence-corrected chi connectivity index (χ2v) is 5.78. The maximum Gasteiger partial charge on any atom is 0.141 e. The summed E-state index contributed by atoms with van der Waals surface area (Å²) < 4.78 is 6.81. The molecule has 0 heterocycles. The van der Waals surface area contributed by atoms with Gasteiger partial charge in [-0.25, -0.2) is 0 Å². The van der Waals surface area contributed by atoms with Crippen molar-refractivity contribution in [2.45, 2.75) is 25.7 Å². The largest absolute Gasteiger partial charge is 0.456 e. The van der Waals surface area contributed by atoms with E-state index in [9.17, 15) is 0 Å². The zero-order chi connectivity index (χ0) is 13.2. The molecular formula is C16H16BrNO. The molecule has 0 radical (unpaired) electrons. The molecular weight excluding hydrogens is 302 g/mol. The molecule has 0 atom stereocenters. The molecule has 1 aliphatic carbocycles. The van der Waals surface area contributed by atoms with Crippen LogP contribution in [0.15, 0.2) is 40.9 Å². The van der Waals surface area contributed by atoms with Crippen molar-refractivity contribution in [2.75, 3.05) is 5.73 Å². The van der Waals surface area contributed by atoms with Crippen LogP contribution in [0.5, 0.6) is 11.5 Å². The summed E-state index contributed by atoms with van der Waals surface area (Å²) in [5.74, 6) is 1.69. The third kappa shape index (κ3) is 2.76. The summed E-state index contributed by atoms with van der Waals surface area (Å²) in [6.07, 6.45) is 4.94. The highest BCUT2D eigenvalue weighted by molar-refractivity contribution is 9.10. The van der Waals surface area contributed by atoms with Crippen molar-refractivity contribution >= 4 is 21.6 Å². The normalized spacial score (nSPS) is 13.9. The van der Waals surface area contributed by atoms with Gasteiger partial charge in [-0.3, -0.25) is 0 Å². The van der Waals surface area contributed by atoms with E-state index in [4.69, 9.17) is 10.5 Å². The second kappa shape index (κ2) is 5.25. The standard InChI is InChI=1S/C16H16BrNO/c17-15-10-13(18)6-8-16(15)19-14-7-5-11-3-1-2-4-12(11)9-14/h5-10H,1-4,18H2. The first kappa shape index (κ1) is 12.5. The van der Waals surface area contributed by atoms with Gasteiger partial charge in [0, 0.05) is 5.69 Å². The monoisotopic (exact) mass is 317 g/mol. The highest BCUT2D eigenvalue weighted by Crippen LogP contribution is 2.33. The van der Waals surface area contributed by atoms with Crippen LogP contribution in [-0.4, -0.2) is 0 Å². The molecule has 2 aromatic rings. The molecule has 2 N–H and O–H groups in total. The van der Waals surface area contributed by atoms with Gasteiger partial charge in [-0.2, -0.15) is 0 Å². The van der Waals surface area contributed by atoms with Crippen molar-refractivity contribution in [3.8, 4) is 11.5 Å². The number of aryl methyl sites for hydroxylation is 2. The van der Waals surface area contributed by atoms with Gasteiger partial charge >= 0.3 is 0 Å². The molecule has 1 aliphatic rings. The predicted octanol–water partition coefficient (Wildman–Crippen LogP) is 4.70. The Hall–Kier alpha value is -1.48. The summed E-state index contributed by atoms with van der Waals surface area (Å²) in [6, 6.07) is 12.0. The number of hydrogen-bond acceptors (Lipinski definition) is 2. The molecule has 3 rings (SSSR count). The third-order valence-corrected chi connectivity index (χ3v) is 4.12. The minimum Gasteiger partial charge on any atom is -0.456 e. The molecule has 0 bridgehead atoms. The number of nitrogens with two attached hydrogens (primary N) is 1. The lowest BCUT2D eigenvalue weighted by Crippen LogP contribution is -2.02. The van der Waals surface area contributed by atoms with Crippen LogP contribution >= 0.6 is 15.9 Å². The summed E-state index contributed by atoms with van der Waals surface area (Å²) >= 11 is 3.47. The molecule has 3 heteroatoms. The summed E-state index contributed by atoms with van der Waals surface area (Å²) in [6.45, 7) is 0. The number of benzene rings is 2. The smallest absolute Gasteiger partial charge is 0.141 e. The molecule has 0 aliphatic heterocycles. The van der Waals surface area contributed by atoms with E-state index in [1.54, 1.807) is 0 Å². The van der Waals surface area contributed by atoms with Gasteiger partial charge in [0.15, 0.2) is 0 Å². The Morgan fingerprint density at radius 3 is 2.53 bits per heavy atom. The van der Waals surface area contributed by atoms with E-state index < -0.39 is 0 Å². The van der Waals surface area contributed by atoms with Crippen molar-refractivity contribution in [1.29, 1.82) is 0 Å². The molecule has 0 unspecified atom stereocenters. The number of nitrogen functional groups attached to an aromatic ring is 1. The molecule has 0 amide bonds. The Morgan fingerprint density at radius 2 is 1.74 bits per heavy atom. The van der Waals surface area contributed by atoms with Gasteiger partial charge in [-0.05, 0) is 83.1 Å². The van der Waals surface area contributed by atoms with Crippen molar-refractivity contribution in [3.05, 3.63) is 52.0 Å². The molecule has 0 aromatic heterocycles. The molecule has 98 valence electrons. The van der Waals surface area contributed by atoms with E-state index in [0.717, 1.165) is 28.1 Å². The van der Waals surface area contributed by atoms with Gasteiger partial charge in [0.1, 0.15) is 11.5 Å². The number of hydrogen-bond donors (Lipinski definition) is 1. The van der Waals surface area contributed by atoms with Crippen LogP contribution < -0.4 is 10.5 Å². The first-order valence-electron chi connectivity index (χ1n) is 6.57. The van der Waals surface area contributed by atoms with Gasteiger partial charge in [-0.15, -0.1) is 0 Å². The number of halogens is 1. The second-order valence-electron chi connectivity index (χ2n) is 4.93. The Kier molecular flexibility index (Phi) is 3.47. The third-order valence-electron chi connectivity index (χ3n) is 3.50. The fraction of sp³-hybridized carbons (Fsp3) is 0.250. The summed E-state index contributed by atoms with van der Waals surface area (Å²) in [5.41, 5.74) is 9.35. The number of anilines is 1. The first-order valence-corrected chi connectivity index (χ1v) is 7.36. The van der Waals surface area contributed by atoms with E-state index in [1.807, 2.05) is 24.3 Å². The quantitative estimate of drug-likeness (QED) is 0.815. The van der Waals surface area contributed by atoms with Crippen LogP contribution in [0.4, 0.5) is 5.69 Å². The maximum atomic E-state index is 5.93. The van der Waals surface area contributed by atoms with Crippen LogP contribution in [0.1, 0.15) is 24.0 Å². The van der Waals surface area contributed by atoms with Gasteiger partial charge in [0.2, 0.25) is 0 Å². The predicted molar refractivity (Wildman–Crippen MR) is 81.7 cm³/mol. The molecule has 0 spiro atoms. The fourth-order valence-electron chi connectivity index (χ4n) is 2.50. The lowest BCUT2D eigenvalue weighted by molar-refractivity contribution is 0.478. The first-order chi connectivity index (χ1) is 9.22. The molecule has 19 heavy (non-hydrogen) atoms. The zero-order valence-electron chi connectivity index (χ0n) is 10.7. The van der Waals surface area contributed by atoms with Crippen LogP contribution in [0, 0.1) is 0 Å². The van der Waals surface area contributed by atoms with E-state index in [2.05, 4.69) is 28.1 Å². The SMILES string of the molecule is Nc1ccc(Oc2ccc3c(c2)CCCC3)c(Br)c1. The minimum absolute atomic E-state index is 0.727. The van der Waals surface area contributed by atoms with E-state index in [1.165, 1.54) is 30.4 Å². The van der Waals surface area contributed by atoms with Crippen LogP contribution in [0.2, 0.25) is 0 Å². The highest BCUT2D eigenvalue weighted by Gasteiger charge is 2.11. The van der Waals surface area contributed by atoms with Gasteiger partial charge in [0.05, 0.1) is 4.47 Å². The highest BCUT2D eigenvalue weighted by atomic mass is 79.9. The van der Waals surface area contributed by atoms with Crippen LogP contribution in [0.3, 0.4) is 0 Å². The average molecular weight is 318 g/mol. The van der Waals surface area contributed by atoms with Gasteiger partial charge in [0.25, 0.3) is 0 Å². The Morgan fingerprint density at radius 1 is 0.947 bits per heavy atom. The van der Waals surface area contributed by atoms with Crippen molar-refractivity contribution < 1.29 is 4.74 Å². The average Bonchev–Trinajstić information content (AvgIpc) is 2.42. The lowest BCUT2D eigenvalue weighted by Gasteiger charge is -2.17. The van der Waals surface area contributed by atoms with E-state index in [-0.39, 0.29) is 0 Å². The van der Waals surface area contributed by atoms with E-state index >= 15 is 0 Å². The zero-order valence-corrected chi connectivity index (χ0v) is 12.2. The number of rotatable bonds is 2. The van der Waals surface area contributed by atoms with Gasteiger partial charge < -0.3 is 10.5 Å². The Bertz CT molecular complexity index is 610. The molecule has 2 aromatic carbocycles. The summed E-state index contributed by atoms with van der Waals surface area (Å²) in [4.78, 5) is 0. The summed E-state index contributed by atoms with van der Waals surface area (Å²) in [5, 5.41) is 0. The Balaban J connectivity index is 1.87. The molecule has 0 fully saturated rings. The van der Waals surface area contributed by atoms with Crippen molar-refractivity contribution in [3.63, 3.8) is 0 Å². The van der Waals surface area contributed by atoms with Crippen LogP contribution in [-0.2, 0) is 12.8 Å². The van der Waals surface area contributed by atoms with Gasteiger partial charge in [-0.1, -0.05) is 6.07 Å². The Labute approximate surface area is 121 Å². The lowest BCUT2D eigenvalue weighted by atomic mass is 9.92. The molecule has 0 saturated carbocycles.